The van der Waals surface area contributed by atoms with E-state index in [1.165, 1.54) is 64.2 Å². The molecule has 0 aliphatic rings. The smallest absolute Gasteiger partial charge is 0.305 e. The third-order valence-electron chi connectivity index (χ3n) is 5.23. The fourth-order valence-electron chi connectivity index (χ4n) is 3.32. The van der Waals surface area contributed by atoms with Crippen LogP contribution < -0.4 is 0 Å². The molecule has 3 heteroatoms. The predicted octanol–water partition coefficient (Wildman–Crippen LogP) is 7.51. The minimum atomic E-state index is -0.163. The Hall–Kier alpha value is -0.830. The number of carbonyl (C=O) groups excluding carboxylic acids is 1. The van der Waals surface area contributed by atoms with E-state index in [1.807, 2.05) is 0 Å². The molecule has 0 saturated carbocycles. The van der Waals surface area contributed by atoms with Gasteiger partial charge < -0.3 is 9.84 Å². The van der Waals surface area contributed by atoms with Crippen molar-refractivity contribution in [1.82, 2.24) is 0 Å². The number of aliphatic hydroxyl groups excluding tert-OH is 1. The molecule has 1 atom stereocenters. The van der Waals surface area contributed by atoms with Gasteiger partial charge >= 0.3 is 5.97 Å². The molecular formula is C25H48O3. The molecule has 0 aromatic heterocycles. The number of hydrogen-bond donors (Lipinski definition) is 1. The highest BCUT2D eigenvalue weighted by Crippen LogP contribution is 2.11. The van der Waals surface area contributed by atoms with Crippen LogP contribution in [0.2, 0.25) is 0 Å². The Morgan fingerprint density at radius 3 is 2.14 bits per heavy atom. The number of rotatable bonds is 21. The number of esters is 1. The van der Waals surface area contributed by atoms with E-state index in [2.05, 4.69) is 26.0 Å². The van der Waals surface area contributed by atoms with Crippen molar-refractivity contribution in [2.45, 2.75) is 136 Å². The average Bonchev–Trinajstić information content (AvgIpc) is 2.69. The van der Waals surface area contributed by atoms with Gasteiger partial charge in [0.05, 0.1) is 12.7 Å². The van der Waals surface area contributed by atoms with Gasteiger partial charge in [0, 0.05) is 6.42 Å². The van der Waals surface area contributed by atoms with Crippen molar-refractivity contribution in [3.05, 3.63) is 12.2 Å². The van der Waals surface area contributed by atoms with E-state index in [1.54, 1.807) is 0 Å². The summed E-state index contributed by atoms with van der Waals surface area (Å²) < 4.78 is 5.28. The lowest BCUT2D eigenvalue weighted by Gasteiger charge is -2.07. The van der Waals surface area contributed by atoms with Crippen LogP contribution in [-0.2, 0) is 9.53 Å². The standard InChI is InChI=1S/C25H48O3/c1-3-5-7-15-19-23-28-25(27)22-18-14-12-10-9-11-13-17-21-24(26)20-16-8-6-4-2/h13,17,24,26H,3-12,14-16,18-23H2,1-2H3/b17-13-. The molecule has 0 aliphatic heterocycles. The number of carbonyl (C=O) groups is 1. The first-order chi connectivity index (χ1) is 13.7. The summed E-state index contributed by atoms with van der Waals surface area (Å²) in [6.45, 7) is 5.02. The first kappa shape index (κ1) is 27.2. The molecule has 0 bridgehead atoms. The number of allylic oxidation sites excluding steroid dienone is 1. The van der Waals surface area contributed by atoms with Gasteiger partial charge in [-0.2, -0.15) is 0 Å². The van der Waals surface area contributed by atoms with Gasteiger partial charge in [-0.1, -0.05) is 96.6 Å². The summed E-state index contributed by atoms with van der Waals surface area (Å²) in [6.07, 6.45) is 24.2. The summed E-state index contributed by atoms with van der Waals surface area (Å²) in [4.78, 5) is 11.6. The summed E-state index contributed by atoms with van der Waals surface area (Å²) in [7, 11) is 0. The monoisotopic (exact) mass is 396 g/mol. The number of hydrogen-bond acceptors (Lipinski definition) is 3. The molecule has 0 saturated heterocycles. The van der Waals surface area contributed by atoms with Crippen molar-refractivity contribution >= 4 is 5.97 Å². The quantitative estimate of drug-likeness (QED) is 0.124. The molecule has 28 heavy (non-hydrogen) atoms. The molecule has 0 aromatic carbocycles. The number of unbranched alkanes of at least 4 members (excludes halogenated alkanes) is 12. The first-order valence-corrected chi connectivity index (χ1v) is 12.2. The maximum atomic E-state index is 11.6. The molecule has 166 valence electrons. The van der Waals surface area contributed by atoms with E-state index in [9.17, 15) is 9.90 Å². The van der Waals surface area contributed by atoms with Crippen molar-refractivity contribution in [2.24, 2.45) is 0 Å². The summed E-state index contributed by atoms with van der Waals surface area (Å²) in [6, 6.07) is 0. The van der Waals surface area contributed by atoms with Crippen LogP contribution in [0.15, 0.2) is 12.2 Å². The fourth-order valence-corrected chi connectivity index (χ4v) is 3.32. The van der Waals surface area contributed by atoms with Crippen LogP contribution in [0, 0.1) is 0 Å². The molecule has 0 heterocycles. The number of aliphatic hydroxyl groups is 1. The Morgan fingerprint density at radius 1 is 0.786 bits per heavy atom. The van der Waals surface area contributed by atoms with E-state index < -0.39 is 0 Å². The Labute approximate surface area is 175 Å². The largest absolute Gasteiger partial charge is 0.466 e. The van der Waals surface area contributed by atoms with Crippen molar-refractivity contribution in [3.63, 3.8) is 0 Å². The van der Waals surface area contributed by atoms with Gasteiger partial charge in [-0.25, -0.2) is 0 Å². The molecule has 3 nitrogen and oxygen atoms in total. The van der Waals surface area contributed by atoms with Gasteiger partial charge in [-0.3, -0.25) is 4.79 Å². The fraction of sp³-hybridized carbons (Fsp3) is 0.880. The van der Waals surface area contributed by atoms with Gasteiger partial charge in [-0.15, -0.1) is 0 Å². The maximum absolute atomic E-state index is 11.6. The van der Waals surface area contributed by atoms with Gasteiger partial charge in [0.2, 0.25) is 0 Å². The molecule has 1 unspecified atom stereocenters. The number of ether oxygens (including phenoxy) is 1. The van der Waals surface area contributed by atoms with Gasteiger partial charge in [-0.05, 0) is 38.5 Å². The summed E-state index contributed by atoms with van der Waals surface area (Å²) in [5.74, 6) is -0.0216. The summed E-state index contributed by atoms with van der Waals surface area (Å²) in [5.41, 5.74) is 0. The zero-order chi connectivity index (χ0) is 20.7. The van der Waals surface area contributed by atoms with Crippen molar-refractivity contribution in [3.8, 4) is 0 Å². The third kappa shape index (κ3) is 21.5. The molecule has 0 fully saturated rings. The van der Waals surface area contributed by atoms with Crippen molar-refractivity contribution < 1.29 is 14.6 Å². The zero-order valence-corrected chi connectivity index (χ0v) is 18.9. The van der Waals surface area contributed by atoms with E-state index in [-0.39, 0.29) is 12.1 Å². The molecule has 0 aromatic rings. The van der Waals surface area contributed by atoms with Gasteiger partial charge in [0.25, 0.3) is 0 Å². The average molecular weight is 397 g/mol. The van der Waals surface area contributed by atoms with Crippen LogP contribution >= 0.6 is 0 Å². The van der Waals surface area contributed by atoms with Gasteiger partial charge in [0.1, 0.15) is 0 Å². The third-order valence-corrected chi connectivity index (χ3v) is 5.23. The highest BCUT2D eigenvalue weighted by molar-refractivity contribution is 5.69. The van der Waals surface area contributed by atoms with Crippen LogP contribution in [0.3, 0.4) is 0 Å². The van der Waals surface area contributed by atoms with E-state index in [0.29, 0.717) is 13.0 Å². The predicted molar refractivity (Wildman–Crippen MR) is 121 cm³/mol. The Bertz CT molecular complexity index is 352. The lowest BCUT2D eigenvalue weighted by molar-refractivity contribution is -0.143. The van der Waals surface area contributed by atoms with E-state index in [4.69, 9.17) is 4.74 Å². The molecule has 0 radical (unpaired) electrons. The highest BCUT2D eigenvalue weighted by atomic mass is 16.5. The highest BCUT2D eigenvalue weighted by Gasteiger charge is 2.02. The molecular weight excluding hydrogens is 348 g/mol. The van der Waals surface area contributed by atoms with Crippen molar-refractivity contribution in [2.75, 3.05) is 6.61 Å². The van der Waals surface area contributed by atoms with Crippen LogP contribution in [0.5, 0.6) is 0 Å². The molecule has 0 rings (SSSR count). The normalized spacial score (nSPS) is 12.5. The minimum absolute atomic E-state index is 0.0216. The van der Waals surface area contributed by atoms with Crippen molar-refractivity contribution in [1.29, 1.82) is 0 Å². The van der Waals surface area contributed by atoms with E-state index in [0.717, 1.165) is 44.9 Å². The Balaban J connectivity index is 3.30. The topological polar surface area (TPSA) is 46.5 Å². The summed E-state index contributed by atoms with van der Waals surface area (Å²) >= 11 is 0. The van der Waals surface area contributed by atoms with Gasteiger partial charge in [0.15, 0.2) is 0 Å². The lowest BCUT2D eigenvalue weighted by atomic mass is 10.1. The second-order valence-corrected chi connectivity index (χ2v) is 8.15. The second-order valence-electron chi connectivity index (χ2n) is 8.15. The molecule has 1 N–H and O–H groups in total. The van der Waals surface area contributed by atoms with Crippen LogP contribution in [0.4, 0.5) is 0 Å². The Morgan fingerprint density at radius 2 is 1.39 bits per heavy atom. The second kappa shape index (κ2) is 22.5. The minimum Gasteiger partial charge on any atom is -0.466 e. The van der Waals surface area contributed by atoms with Crippen LogP contribution in [-0.4, -0.2) is 23.8 Å². The summed E-state index contributed by atoms with van der Waals surface area (Å²) in [5, 5.41) is 9.91. The lowest BCUT2D eigenvalue weighted by Crippen LogP contribution is -2.05. The SMILES string of the molecule is CCCCCCCOC(=O)CCCCCCC/C=C\CC(O)CCCCCC. The van der Waals surface area contributed by atoms with E-state index >= 15 is 0 Å². The first-order valence-electron chi connectivity index (χ1n) is 12.2. The maximum Gasteiger partial charge on any atom is 0.305 e. The van der Waals surface area contributed by atoms with Crippen LogP contribution in [0.25, 0.3) is 0 Å². The molecule has 0 spiro atoms. The molecule has 0 aliphatic carbocycles. The zero-order valence-electron chi connectivity index (χ0n) is 18.9. The Kier molecular flexibility index (Phi) is 21.8. The van der Waals surface area contributed by atoms with Crippen LogP contribution in [0.1, 0.15) is 129 Å². The molecule has 0 amide bonds.